The Labute approximate surface area is 228 Å². The molecule has 0 saturated heterocycles. The number of hydrogen-bond donors (Lipinski definition) is 11. The van der Waals surface area contributed by atoms with Gasteiger partial charge >= 0.3 is 47.8 Å². The van der Waals surface area contributed by atoms with Crippen molar-refractivity contribution in [2.24, 2.45) is 0 Å². The number of aliphatic hydroxyl groups is 3. The standard InChI is InChI=1S/C5H12O4.4C4H4O4/c1-9-3-5(8)4(7)2-6;4*5-3(6)1-2-4(7)8/h4-8H,2-3H2,1H3;4*1-2H,(H,5,6)(H,7,8)/b;4*2-1-/t4-,5+;;;;/m1..../s1. The van der Waals surface area contributed by atoms with E-state index in [4.69, 9.17) is 56.2 Å². The Kier molecular flexibility index (Phi) is 34.1. The highest BCUT2D eigenvalue weighted by molar-refractivity contribution is 5.91. The van der Waals surface area contributed by atoms with Crippen LogP contribution >= 0.6 is 0 Å². The molecule has 0 spiro atoms. The molecule has 2 atom stereocenters. The minimum atomic E-state index is -1.26. The van der Waals surface area contributed by atoms with Crippen molar-refractivity contribution in [1.29, 1.82) is 0 Å². The Bertz CT molecular complexity index is 758. The summed E-state index contributed by atoms with van der Waals surface area (Å²) in [5.41, 5.74) is 0. The van der Waals surface area contributed by atoms with Crippen molar-refractivity contribution in [3.8, 4) is 0 Å². The third-order valence-electron chi connectivity index (χ3n) is 2.44. The molecular weight excluding hydrogens is 572 g/mol. The van der Waals surface area contributed by atoms with E-state index in [9.17, 15) is 38.4 Å². The maximum absolute atomic E-state index is 9.55. The molecule has 0 aliphatic heterocycles. The molecule has 11 N–H and O–H groups in total. The van der Waals surface area contributed by atoms with E-state index < -0.39 is 66.6 Å². The van der Waals surface area contributed by atoms with E-state index in [2.05, 4.69) is 4.74 Å². The van der Waals surface area contributed by atoms with Gasteiger partial charge in [-0.05, 0) is 0 Å². The van der Waals surface area contributed by atoms with Crippen molar-refractivity contribution < 1.29 is 99.3 Å². The van der Waals surface area contributed by atoms with E-state index in [0.717, 1.165) is 0 Å². The van der Waals surface area contributed by atoms with Gasteiger partial charge in [0.05, 0.1) is 13.2 Å². The summed E-state index contributed by atoms with van der Waals surface area (Å²) in [7, 11) is 1.41. The lowest BCUT2D eigenvalue weighted by Gasteiger charge is -2.13. The maximum Gasteiger partial charge on any atom is 0.328 e. The fourth-order valence-electron chi connectivity index (χ4n) is 0.974. The first-order valence-electron chi connectivity index (χ1n) is 9.74. The molecule has 20 nitrogen and oxygen atoms in total. The average Bonchev–Trinajstić information content (AvgIpc) is 2.85. The number of ether oxygens (including phenoxy) is 1. The molecule has 0 fully saturated rings. The summed E-state index contributed by atoms with van der Waals surface area (Å²) < 4.78 is 4.51. The van der Waals surface area contributed by atoms with Crippen molar-refractivity contribution in [3.05, 3.63) is 48.6 Å². The summed E-state index contributed by atoms with van der Waals surface area (Å²) in [6.07, 6.45) is 2.38. The van der Waals surface area contributed by atoms with Crippen molar-refractivity contribution in [2.45, 2.75) is 12.2 Å². The van der Waals surface area contributed by atoms with Crippen LogP contribution in [0.4, 0.5) is 0 Å². The van der Waals surface area contributed by atoms with Gasteiger partial charge in [0, 0.05) is 55.7 Å². The van der Waals surface area contributed by atoms with E-state index >= 15 is 0 Å². The normalized spacial score (nSPS) is 11.2. The van der Waals surface area contributed by atoms with Crippen molar-refractivity contribution in [3.63, 3.8) is 0 Å². The molecule has 232 valence electrons. The molecule has 0 bridgehead atoms. The second kappa shape index (κ2) is 30.8. The van der Waals surface area contributed by atoms with Crippen LogP contribution in [0.1, 0.15) is 0 Å². The molecule has 0 aliphatic carbocycles. The summed E-state index contributed by atoms with van der Waals surface area (Å²) in [6, 6.07) is 0. The molecule has 0 saturated carbocycles. The summed E-state index contributed by atoms with van der Waals surface area (Å²) in [5.74, 6) is -10.1. The molecule has 0 rings (SSSR count). The predicted octanol–water partition coefficient (Wildman–Crippen LogP) is -2.81. The highest BCUT2D eigenvalue weighted by Crippen LogP contribution is 1.91. The van der Waals surface area contributed by atoms with Crippen LogP contribution < -0.4 is 0 Å². The molecule has 0 heterocycles. The SMILES string of the molecule is COC[C@H](O)[C@H](O)CO.O=C(O)/C=C\C(=O)O.O=C(O)/C=C\C(=O)O.O=C(O)/C=C\C(=O)O.O=C(O)/C=C\C(=O)O. The highest BCUT2D eigenvalue weighted by Gasteiger charge is 2.13. The van der Waals surface area contributed by atoms with Gasteiger partial charge < -0.3 is 60.9 Å². The summed E-state index contributed by atoms with van der Waals surface area (Å²) >= 11 is 0. The Morgan fingerprint density at radius 1 is 0.463 bits per heavy atom. The van der Waals surface area contributed by atoms with E-state index in [1.807, 2.05) is 0 Å². The first-order chi connectivity index (χ1) is 18.7. The fourth-order valence-corrected chi connectivity index (χ4v) is 0.974. The number of rotatable bonds is 12. The van der Waals surface area contributed by atoms with E-state index in [1.165, 1.54) is 7.11 Å². The van der Waals surface area contributed by atoms with Crippen LogP contribution in [0.25, 0.3) is 0 Å². The predicted molar refractivity (Wildman–Crippen MR) is 129 cm³/mol. The van der Waals surface area contributed by atoms with Crippen LogP contribution in [0.15, 0.2) is 48.6 Å². The van der Waals surface area contributed by atoms with Crippen LogP contribution in [0.2, 0.25) is 0 Å². The zero-order chi connectivity index (χ0) is 33.6. The molecular formula is C21H28O20. The lowest BCUT2D eigenvalue weighted by molar-refractivity contribution is -0.134. The Hall–Kier alpha value is -5.44. The van der Waals surface area contributed by atoms with Crippen molar-refractivity contribution in [1.82, 2.24) is 0 Å². The molecule has 0 radical (unpaired) electrons. The number of aliphatic hydroxyl groups excluding tert-OH is 3. The lowest BCUT2D eigenvalue weighted by Crippen LogP contribution is -2.32. The van der Waals surface area contributed by atoms with Crippen LogP contribution in [-0.4, -0.2) is 136 Å². The van der Waals surface area contributed by atoms with E-state index in [-0.39, 0.29) is 6.61 Å². The Morgan fingerprint density at radius 3 is 0.732 bits per heavy atom. The third-order valence-corrected chi connectivity index (χ3v) is 2.44. The number of aliphatic carboxylic acids is 8. The van der Waals surface area contributed by atoms with Crippen molar-refractivity contribution >= 4 is 47.8 Å². The zero-order valence-electron chi connectivity index (χ0n) is 20.8. The van der Waals surface area contributed by atoms with Gasteiger partial charge in [-0.1, -0.05) is 0 Å². The average molecular weight is 600 g/mol. The maximum atomic E-state index is 9.55. The van der Waals surface area contributed by atoms with Crippen LogP contribution in [0.5, 0.6) is 0 Å². The number of hydrogen-bond acceptors (Lipinski definition) is 12. The Morgan fingerprint density at radius 2 is 0.634 bits per heavy atom. The zero-order valence-corrected chi connectivity index (χ0v) is 20.8. The van der Waals surface area contributed by atoms with Gasteiger partial charge in [-0.15, -0.1) is 0 Å². The van der Waals surface area contributed by atoms with Crippen molar-refractivity contribution in [2.75, 3.05) is 20.3 Å². The molecule has 0 aliphatic rings. The number of carboxylic acid groups (broad SMARTS) is 8. The van der Waals surface area contributed by atoms with E-state index in [1.54, 1.807) is 0 Å². The Balaban J connectivity index is -0.000000132. The third kappa shape index (κ3) is 66.0. The summed E-state index contributed by atoms with van der Waals surface area (Å²) in [5, 5.41) is 88.2. The summed E-state index contributed by atoms with van der Waals surface area (Å²) in [4.78, 5) is 76.4. The molecule has 0 unspecified atom stereocenters. The quantitative estimate of drug-likeness (QED) is 0.101. The molecule has 41 heavy (non-hydrogen) atoms. The van der Waals surface area contributed by atoms with Gasteiger partial charge in [0.15, 0.2) is 0 Å². The van der Waals surface area contributed by atoms with Crippen LogP contribution in [0, 0.1) is 0 Å². The molecule has 0 aromatic heterocycles. The molecule has 0 aromatic carbocycles. The molecule has 0 amide bonds. The smallest absolute Gasteiger partial charge is 0.328 e. The molecule has 20 heteroatoms. The number of methoxy groups -OCH3 is 1. The van der Waals surface area contributed by atoms with Crippen LogP contribution in [0.3, 0.4) is 0 Å². The van der Waals surface area contributed by atoms with Gasteiger partial charge in [0.2, 0.25) is 0 Å². The van der Waals surface area contributed by atoms with Gasteiger partial charge in [-0.3, -0.25) is 0 Å². The first-order valence-corrected chi connectivity index (χ1v) is 9.74. The lowest BCUT2D eigenvalue weighted by atomic mass is 10.2. The second-order valence-corrected chi connectivity index (χ2v) is 5.81. The first kappa shape index (κ1) is 45.5. The van der Waals surface area contributed by atoms with Gasteiger partial charge in [0.1, 0.15) is 12.2 Å². The molecule has 0 aromatic rings. The summed E-state index contributed by atoms with van der Waals surface area (Å²) in [6.45, 7) is -0.397. The topological polar surface area (TPSA) is 368 Å². The fraction of sp³-hybridized carbons (Fsp3) is 0.238. The second-order valence-electron chi connectivity index (χ2n) is 5.81. The monoisotopic (exact) mass is 600 g/mol. The number of carboxylic acids is 8. The van der Waals surface area contributed by atoms with Gasteiger partial charge in [-0.25, -0.2) is 38.4 Å². The number of carbonyl (C=O) groups is 8. The van der Waals surface area contributed by atoms with Gasteiger partial charge in [0.25, 0.3) is 0 Å². The minimum Gasteiger partial charge on any atom is -0.478 e. The highest BCUT2D eigenvalue weighted by atomic mass is 16.5. The van der Waals surface area contributed by atoms with Gasteiger partial charge in [-0.2, -0.15) is 0 Å². The largest absolute Gasteiger partial charge is 0.478 e. The van der Waals surface area contributed by atoms with Crippen LogP contribution in [-0.2, 0) is 43.1 Å². The minimum absolute atomic E-state index is 0.0434. The van der Waals surface area contributed by atoms with E-state index in [0.29, 0.717) is 48.6 Å².